The van der Waals surface area contributed by atoms with E-state index in [1.807, 2.05) is 6.92 Å². The topological polar surface area (TPSA) is 41.9 Å². The van der Waals surface area contributed by atoms with E-state index in [-0.39, 0.29) is 6.79 Å². The van der Waals surface area contributed by atoms with Crippen molar-refractivity contribution in [3.05, 3.63) is 46.5 Å². The van der Waals surface area contributed by atoms with Crippen LogP contribution in [0.3, 0.4) is 0 Å². The van der Waals surface area contributed by atoms with Crippen molar-refractivity contribution in [1.29, 1.82) is 0 Å². The number of thiophene rings is 1. The third-order valence-electron chi connectivity index (χ3n) is 8.87. The van der Waals surface area contributed by atoms with Gasteiger partial charge in [-0.05, 0) is 95.6 Å². The fourth-order valence-corrected chi connectivity index (χ4v) is 6.71. The lowest BCUT2D eigenvalue weighted by Gasteiger charge is -2.32. The number of aromatic nitrogens is 1. The molecule has 5 rings (SSSR count). The van der Waals surface area contributed by atoms with Gasteiger partial charge in [0.25, 0.3) is 0 Å². The molecule has 1 aliphatic carbocycles. The van der Waals surface area contributed by atoms with E-state index in [9.17, 15) is 0 Å². The molecule has 0 bridgehead atoms. The molecular weight excluding hydrogens is 517 g/mol. The Bertz CT molecular complexity index is 1340. The number of ether oxygens (including phenoxy) is 2. The van der Waals surface area contributed by atoms with Gasteiger partial charge in [0.05, 0.1) is 27.2 Å². The van der Waals surface area contributed by atoms with Gasteiger partial charge in [0.15, 0.2) is 12.5 Å². The Labute approximate surface area is 245 Å². The molecule has 0 amide bonds. The summed E-state index contributed by atoms with van der Waals surface area (Å²) in [5.41, 5.74) is 5.53. The first kappa shape index (κ1) is 29.4. The summed E-state index contributed by atoms with van der Waals surface area (Å²) in [6.45, 7) is 15.7. The highest BCUT2D eigenvalue weighted by atomic mass is 32.1. The molecule has 1 fully saturated rings. The SMILES string of the molecule is CCCCc1ccc2c(c1)c1c(n2-c2csc(B3OC(C)(C)C(C)(C)O3)c2OCOCC)C=CC(CCCC)C1. The van der Waals surface area contributed by atoms with E-state index in [0.29, 0.717) is 12.5 Å². The molecule has 216 valence electrons. The van der Waals surface area contributed by atoms with Crippen molar-refractivity contribution < 1.29 is 18.8 Å². The Morgan fingerprint density at radius 3 is 2.50 bits per heavy atom. The first-order chi connectivity index (χ1) is 19.2. The van der Waals surface area contributed by atoms with E-state index in [0.717, 1.165) is 29.1 Å². The van der Waals surface area contributed by atoms with Gasteiger partial charge in [-0.3, -0.25) is 0 Å². The number of rotatable bonds is 12. The standard InChI is InChI=1S/C33H46BNO4S/c1-8-11-13-23-15-17-27-25(19-23)26-20-24(14-12-9-2)16-18-28(26)35(27)29-21-40-31(30(29)37-22-36-10-3)34-38-32(4,5)33(6,7)39-34/h15-19,21,24H,8-14,20,22H2,1-7H3. The lowest BCUT2D eigenvalue weighted by molar-refractivity contribution is 0.00578. The lowest BCUT2D eigenvalue weighted by atomic mass is 9.87. The Morgan fingerprint density at radius 2 is 1.80 bits per heavy atom. The zero-order chi connectivity index (χ0) is 28.5. The van der Waals surface area contributed by atoms with Gasteiger partial charge in [-0.15, -0.1) is 11.3 Å². The molecular formula is C33H46BNO4S. The van der Waals surface area contributed by atoms with Crippen LogP contribution in [-0.2, 0) is 26.9 Å². The van der Waals surface area contributed by atoms with Crippen LogP contribution in [-0.4, -0.2) is 36.3 Å². The molecule has 1 atom stereocenters. The number of benzene rings is 1. The largest absolute Gasteiger partial charge is 0.509 e. The molecule has 3 heterocycles. The smallest absolute Gasteiger partial charge is 0.465 e. The second-order valence-electron chi connectivity index (χ2n) is 12.3. The summed E-state index contributed by atoms with van der Waals surface area (Å²) in [4.78, 5) is 0. The zero-order valence-electron chi connectivity index (χ0n) is 25.5. The van der Waals surface area contributed by atoms with Crippen LogP contribution in [0.5, 0.6) is 5.75 Å². The predicted octanol–water partition coefficient (Wildman–Crippen LogP) is 8.08. The monoisotopic (exact) mass is 563 g/mol. The highest BCUT2D eigenvalue weighted by Gasteiger charge is 2.53. The second kappa shape index (κ2) is 12.0. The number of hydrogen-bond donors (Lipinski definition) is 0. The van der Waals surface area contributed by atoms with Crippen molar-refractivity contribution in [3.8, 4) is 11.4 Å². The van der Waals surface area contributed by atoms with Crippen LogP contribution in [0, 0.1) is 5.92 Å². The number of nitrogens with zero attached hydrogens (tertiary/aromatic N) is 1. The molecule has 2 aliphatic rings. The van der Waals surface area contributed by atoms with Gasteiger partial charge in [0, 0.05) is 23.1 Å². The fraction of sp³-hybridized carbons (Fsp3) is 0.576. The Balaban J connectivity index is 1.64. The van der Waals surface area contributed by atoms with Crippen LogP contribution in [0.15, 0.2) is 29.7 Å². The second-order valence-corrected chi connectivity index (χ2v) is 13.2. The predicted molar refractivity (Wildman–Crippen MR) is 168 cm³/mol. The number of hydrogen-bond acceptors (Lipinski definition) is 5. The van der Waals surface area contributed by atoms with Crippen LogP contribution >= 0.6 is 11.3 Å². The Kier molecular flexibility index (Phi) is 8.87. The normalized spacial score (nSPS) is 19.5. The van der Waals surface area contributed by atoms with Crippen molar-refractivity contribution in [2.24, 2.45) is 5.92 Å². The molecule has 40 heavy (non-hydrogen) atoms. The summed E-state index contributed by atoms with van der Waals surface area (Å²) in [6, 6.07) is 7.06. The van der Waals surface area contributed by atoms with E-state index >= 15 is 0 Å². The first-order valence-corrected chi connectivity index (χ1v) is 16.1. The fourth-order valence-electron chi connectivity index (χ4n) is 5.78. The summed E-state index contributed by atoms with van der Waals surface area (Å²) in [5, 5.41) is 3.57. The minimum atomic E-state index is -0.493. The molecule has 1 saturated heterocycles. The molecule has 0 saturated carbocycles. The van der Waals surface area contributed by atoms with E-state index in [1.165, 1.54) is 59.8 Å². The van der Waals surface area contributed by atoms with Gasteiger partial charge in [0.1, 0.15) is 0 Å². The Hall–Kier alpha value is -2.06. The first-order valence-electron chi connectivity index (χ1n) is 15.2. The number of fused-ring (bicyclic) bond motifs is 3. The van der Waals surface area contributed by atoms with E-state index in [1.54, 1.807) is 11.3 Å². The summed E-state index contributed by atoms with van der Waals surface area (Å²) < 4.78 is 28.4. The van der Waals surface area contributed by atoms with Crippen molar-refractivity contribution in [1.82, 2.24) is 4.57 Å². The van der Waals surface area contributed by atoms with Crippen molar-refractivity contribution in [2.45, 2.75) is 105 Å². The molecule has 7 heteroatoms. The summed E-state index contributed by atoms with van der Waals surface area (Å²) >= 11 is 1.64. The molecule has 3 aromatic rings. The Morgan fingerprint density at radius 1 is 1.05 bits per heavy atom. The number of unbranched alkanes of at least 4 members (excludes halogenated alkanes) is 2. The minimum Gasteiger partial charge on any atom is -0.465 e. The van der Waals surface area contributed by atoms with Crippen LogP contribution in [0.1, 0.15) is 97.4 Å². The van der Waals surface area contributed by atoms with E-state index < -0.39 is 18.3 Å². The van der Waals surface area contributed by atoms with Crippen molar-refractivity contribution >= 4 is 40.2 Å². The zero-order valence-corrected chi connectivity index (χ0v) is 26.3. The van der Waals surface area contributed by atoms with Gasteiger partial charge in [-0.1, -0.05) is 45.3 Å². The maximum absolute atomic E-state index is 6.48. The molecule has 0 N–H and O–H groups in total. The van der Waals surface area contributed by atoms with Crippen molar-refractivity contribution in [3.63, 3.8) is 0 Å². The van der Waals surface area contributed by atoms with E-state index in [4.69, 9.17) is 18.8 Å². The molecule has 1 aromatic carbocycles. The molecule has 1 aliphatic heterocycles. The maximum Gasteiger partial charge on any atom is 0.509 e. The van der Waals surface area contributed by atoms with Crippen LogP contribution in [0.25, 0.3) is 22.7 Å². The molecule has 5 nitrogen and oxygen atoms in total. The third kappa shape index (κ3) is 5.55. The lowest BCUT2D eigenvalue weighted by Crippen LogP contribution is -2.41. The highest BCUT2D eigenvalue weighted by Crippen LogP contribution is 2.42. The number of aryl methyl sites for hydroxylation is 1. The van der Waals surface area contributed by atoms with Gasteiger partial charge < -0.3 is 23.3 Å². The van der Waals surface area contributed by atoms with Gasteiger partial charge in [-0.25, -0.2) is 0 Å². The minimum absolute atomic E-state index is 0.185. The molecule has 0 spiro atoms. The summed E-state index contributed by atoms with van der Waals surface area (Å²) in [6.07, 6.45) is 13.1. The van der Waals surface area contributed by atoms with Gasteiger partial charge in [0.2, 0.25) is 0 Å². The average Bonchev–Trinajstić information content (AvgIpc) is 3.54. The van der Waals surface area contributed by atoms with Gasteiger partial charge >= 0.3 is 7.12 Å². The van der Waals surface area contributed by atoms with Crippen LogP contribution in [0.2, 0.25) is 0 Å². The highest BCUT2D eigenvalue weighted by molar-refractivity contribution is 7.21. The summed E-state index contributed by atoms with van der Waals surface area (Å²) in [7, 11) is -0.493. The summed E-state index contributed by atoms with van der Waals surface area (Å²) in [5.74, 6) is 1.37. The maximum atomic E-state index is 6.48. The van der Waals surface area contributed by atoms with Crippen molar-refractivity contribution in [2.75, 3.05) is 13.4 Å². The third-order valence-corrected chi connectivity index (χ3v) is 9.84. The quantitative estimate of drug-likeness (QED) is 0.127. The van der Waals surface area contributed by atoms with Crippen LogP contribution in [0.4, 0.5) is 0 Å². The molecule has 1 unspecified atom stereocenters. The van der Waals surface area contributed by atoms with E-state index in [2.05, 4.69) is 81.8 Å². The molecule has 2 aromatic heterocycles. The average molecular weight is 564 g/mol. The molecule has 0 radical (unpaired) electrons. The van der Waals surface area contributed by atoms with Crippen LogP contribution < -0.4 is 9.51 Å². The van der Waals surface area contributed by atoms with Gasteiger partial charge in [-0.2, -0.15) is 0 Å². The number of allylic oxidation sites excluding steroid dienone is 1.